The third kappa shape index (κ3) is 2.98. The number of hydrazine groups is 1. The lowest BCUT2D eigenvalue weighted by molar-refractivity contribution is 0.181. The van der Waals surface area contributed by atoms with E-state index in [1.807, 2.05) is 0 Å². The highest BCUT2D eigenvalue weighted by Gasteiger charge is 2.20. The average Bonchev–Trinajstić information content (AvgIpc) is 2.28. The molecule has 0 aliphatic heterocycles. The van der Waals surface area contributed by atoms with Crippen molar-refractivity contribution in [3.8, 4) is 0 Å². The summed E-state index contributed by atoms with van der Waals surface area (Å²) in [5, 5.41) is 0. The normalized spacial score (nSPS) is 12.8. The minimum atomic E-state index is -0.640. The Morgan fingerprint density at radius 1 is 1.50 bits per heavy atom. The van der Waals surface area contributed by atoms with Gasteiger partial charge in [0.05, 0.1) is 10.5 Å². The maximum absolute atomic E-state index is 13.7. The molecule has 0 saturated carbocycles. The zero-order chi connectivity index (χ0) is 12.1. The molecule has 0 aliphatic carbocycles. The van der Waals surface area contributed by atoms with Gasteiger partial charge in [-0.1, -0.05) is 0 Å². The molecule has 1 rings (SSSR count). The number of hydrogen-bond acceptors (Lipinski definition) is 3. The van der Waals surface area contributed by atoms with E-state index < -0.39 is 17.7 Å². The van der Waals surface area contributed by atoms with Gasteiger partial charge in [0.25, 0.3) is 0 Å². The highest BCUT2D eigenvalue weighted by atomic mass is 79.9. The van der Waals surface area contributed by atoms with Crippen LogP contribution >= 0.6 is 15.9 Å². The van der Waals surface area contributed by atoms with Crippen molar-refractivity contribution < 1.29 is 13.5 Å². The monoisotopic (exact) mass is 294 g/mol. The van der Waals surface area contributed by atoms with Crippen LogP contribution in [0, 0.1) is 11.6 Å². The maximum Gasteiger partial charge on any atom is 0.145 e. The number of halogens is 3. The van der Waals surface area contributed by atoms with Crippen LogP contribution in [0.1, 0.15) is 18.0 Å². The summed E-state index contributed by atoms with van der Waals surface area (Å²) in [4.78, 5) is 0. The summed E-state index contributed by atoms with van der Waals surface area (Å²) < 4.78 is 32.3. The first-order valence-electron chi connectivity index (χ1n) is 4.70. The number of ether oxygens (including phenoxy) is 1. The standard InChI is InChI=1S/C10H13BrF2N2O/c1-16-5-4-8(15-14)9-7(12)3-2-6(11)10(9)13/h2-3,8,15H,4-5,14H2,1H3. The second-order valence-electron chi connectivity index (χ2n) is 3.26. The molecule has 16 heavy (non-hydrogen) atoms. The van der Waals surface area contributed by atoms with Crippen LogP contribution in [0.3, 0.4) is 0 Å². The summed E-state index contributed by atoms with van der Waals surface area (Å²) in [6.07, 6.45) is 0.386. The van der Waals surface area contributed by atoms with Gasteiger partial charge >= 0.3 is 0 Å². The molecule has 0 spiro atoms. The van der Waals surface area contributed by atoms with Crippen molar-refractivity contribution in [3.63, 3.8) is 0 Å². The van der Waals surface area contributed by atoms with Crippen molar-refractivity contribution in [1.29, 1.82) is 0 Å². The van der Waals surface area contributed by atoms with Crippen molar-refractivity contribution in [1.82, 2.24) is 5.43 Å². The van der Waals surface area contributed by atoms with Crippen molar-refractivity contribution >= 4 is 15.9 Å². The molecule has 0 saturated heterocycles. The van der Waals surface area contributed by atoms with Crippen molar-refractivity contribution in [2.45, 2.75) is 12.5 Å². The predicted octanol–water partition coefficient (Wildman–Crippen LogP) is 2.27. The Morgan fingerprint density at radius 2 is 2.19 bits per heavy atom. The third-order valence-electron chi connectivity index (χ3n) is 2.24. The fourth-order valence-electron chi connectivity index (χ4n) is 1.41. The first kappa shape index (κ1) is 13.5. The molecule has 90 valence electrons. The second-order valence-corrected chi connectivity index (χ2v) is 4.11. The van der Waals surface area contributed by atoms with Crippen LogP contribution in [0.4, 0.5) is 8.78 Å². The Hall–Kier alpha value is -0.560. The molecule has 0 aliphatic rings. The summed E-state index contributed by atoms with van der Waals surface area (Å²) in [6.45, 7) is 0.361. The van der Waals surface area contributed by atoms with E-state index in [9.17, 15) is 8.78 Å². The van der Waals surface area contributed by atoms with Crippen LogP contribution in [0.15, 0.2) is 16.6 Å². The average molecular weight is 295 g/mol. The Bertz CT molecular complexity index is 363. The van der Waals surface area contributed by atoms with Gasteiger partial charge in [-0.15, -0.1) is 0 Å². The van der Waals surface area contributed by atoms with Gasteiger partial charge in [0.1, 0.15) is 11.6 Å². The highest BCUT2D eigenvalue weighted by Crippen LogP contribution is 2.27. The number of methoxy groups -OCH3 is 1. The molecule has 6 heteroatoms. The number of benzene rings is 1. The molecule has 1 aromatic rings. The van der Waals surface area contributed by atoms with Crippen LogP contribution in [-0.4, -0.2) is 13.7 Å². The lowest BCUT2D eigenvalue weighted by atomic mass is 10.0. The smallest absolute Gasteiger partial charge is 0.145 e. The maximum atomic E-state index is 13.7. The summed E-state index contributed by atoms with van der Waals surface area (Å²) in [7, 11) is 1.52. The first-order chi connectivity index (χ1) is 7.61. The number of nitrogens with two attached hydrogens (primary N) is 1. The van der Waals surface area contributed by atoms with Gasteiger partial charge in [-0.2, -0.15) is 0 Å². The zero-order valence-electron chi connectivity index (χ0n) is 8.77. The van der Waals surface area contributed by atoms with Gasteiger partial charge < -0.3 is 4.74 Å². The van der Waals surface area contributed by atoms with E-state index in [-0.39, 0.29) is 10.0 Å². The SMILES string of the molecule is COCCC(NN)c1c(F)ccc(Br)c1F. The van der Waals surface area contributed by atoms with Crippen LogP contribution < -0.4 is 11.3 Å². The minimum absolute atomic E-state index is 0.0751. The van der Waals surface area contributed by atoms with Crippen molar-refractivity contribution in [2.75, 3.05) is 13.7 Å². The second kappa shape index (κ2) is 6.24. The number of hydrogen-bond donors (Lipinski definition) is 2. The molecular weight excluding hydrogens is 282 g/mol. The summed E-state index contributed by atoms with van der Waals surface area (Å²) in [6, 6.07) is 1.90. The zero-order valence-corrected chi connectivity index (χ0v) is 10.4. The molecule has 0 fully saturated rings. The lowest BCUT2D eigenvalue weighted by Gasteiger charge is -2.17. The summed E-state index contributed by atoms with van der Waals surface area (Å²) >= 11 is 3.00. The Kier molecular flexibility index (Phi) is 5.27. The topological polar surface area (TPSA) is 47.3 Å². The Balaban J connectivity index is 3.03. The molecule has 0 radical (unpaired) electrons. The van der Waals surface area contributed by atoms with Gasteiger partial charge in [0, 0.05) is 19.3 Å². The van der Waals surface area contributed by atoms with Gasteiger partial charge in [-0.05, 0) is 34.5 Å². The van der Waals surface area contributed by atoms with E-state index in [1.54, 1.807) is 0 Å². The fraction of sp³-hybridized carbons (Fsp3) is 0.400. The molecule has 1 aromatic carbocycles. The van der Waals surface area contributed by atoms with Crippen LogP contribution in [0.25, 0.3) is 0 Å². The van der Waals surface area contributed by atoms with Crippen molar-refractivity contribution in [3.05, 3.63) is 33.8 Å². The van der Waals surface area contributed by atoms with E-state index in [1.165, 1.54) is 19.2 Å². The highest BCUT2D eigenvalue weighted by molar-refractivity contribution is 9.10. The first-order valence-corrected chi connectivity index (χ1v) is 5.49. The van der Waals surface area contributed by atoms with Crippen LogP contribution in [0.5, 0.6) is 0 Å². The Morgan fingerprint density at radius 3 is 2.75 bits per heavy atom. The Labute approximate surface area is 101 Å². The fourth-order valence-corrected chi connectivity index (χ4v) is 1.75. The lowest BCUT2D eigenvalue weighted by Crippen LogP contribution is -2.30. The molecule has 0 amide bonds. The molecule has 0 heterocycles. The molecule has 3 N–H and O–H groups in total. The third-order valence-corrected chi connectivity index (χ3v) is 2.85. The van der Waals surface area contributed by atoms with Crippen LogP contribution in [0.2, 0.25) is 0 Å². The van der Waals surface area contributed by atoms with Gasteiger partial charge in [-0.3, -0.25) is 11.3 Å². The van der Waals surface area contributed by atoms with E-state index >= 15 is 0 Å². The van der Waals surface area contributed by atoms with Crippen LogP contribution in [-0.2, 0) is 4.74 Å². The van der Waals surface area contributed by atoms with Gasteiger partial charge in [0.15, 0.2) is 0 Å². The minimum Gasteiger partial charge on any atom is -0.385 e. The molecule has 1 atom stereocenters. The molecular formula is C10H13BrF2N2O. The number of nitrogens with one attached hydrogen (secondary N) is 1. The van der Waals surface area contributed by atoms with E-state index in [4.69, 9.17) is 10.6 Å². The predicted molar refractivity (Wildman–Crippen MR) is 60.6 cm³/mol. The van der Waals surface area contributed by atoms with E-state index in [0.717, 1.165) is 0 Å². The van der Waals surface area contributed by atoms with Gasteiger partial charge in [0.2, 0.25) is 0 Å². The molecule has 0 bridgehead atoms. The largest absolute Gasteiger partial charge is 0.385 e. The van der Waals surface area contributed by atoms with Crippen molar-refractivity contribution in [2.24, 2.45) is 5.84 Å². The molecule has 3 nitrogen and oxygen atoms in total. The quantitative estimate of drug-likeness (QED) is 0.498. The van der Waals surface area contributed by atoms with E-state index in [0.29, 0.717) is 13.0 Å². The molecule has 1 unspecified atom stereocenters. The molecule has 0 aromatic heterocycles. The van der Waals surface area contributed by atoms with Gasteiger partial charge in [-0.25, -0.2) is 8.78 Å². The number of rotatable bonds is 5. The summed E-state index contributed by atoms with van der Waals surface area (Å²) in [5.41, 5.74) is 2.31. The van der Waals surface area contributed by atoms with E-state index in [2.05, 4.69) is 21.4 Å². The summed E-state index contributed by atoms with van der Waals surface area (Å²) in [5.74, 6) is 4.01.